The average molecular weight is 453 g/mol. The molecule has 136 valence electrons. The smallest absolute Gasteiger partial charge is 0.191 e. The number of rotatable bonds is 7. The van der Waals surface area contributed by atoms with Gasteiger partial charge in [-0.15, -0.1) is 10.2 Å². The van der Waals surface area contributed by atoms with Gasteiger partial charge in [0, 0.05) is 21.8 Å². The van der Waals surface area contributed by atoms with E-state index in [0.29, 0.717) is 11.6 Å². The van der Waals surface area contributed by atoms with Gasteiger partial charge in [0.2, 0.25) is 0 Å². The van der Waals surface area contributed by atoms with Gasteiger partial charge < -0.3 is 9.30 Å². The number of aromatic nitrogens is 3. The van der Waals surface area contributed by atoms with Crippen molar-refractivity contribution in [1.82, 2.24) is 14.8 Å². The second-order valence-corrected chi connectivity index (χ2v) is 8.05. The molecule has 3 rings (SSSR count). The molecule has 1 heterocycles. The standard InChI is InChI=1S/C19H19BrClN3OS/c1-3-24-18(11-25-17-8-7-16(21)9-13(17)2)22-23-19(24)26-12-14-5-4-6-15(20)10-14/h4-10H,3,11-12H2,1-2H3. The van der Waals surface area contributed by atoms with E-state index in [1.54, 1.807) is 11.8 Å². The molecule has 0 bridgehead atoms. The Morgan fingerprint density at radius 2 is 2.04 bits per heavy atom. The second-order valence-electron chi connectivity index (χ2n) is 5.76. The lowest BCUT2D eigenvalue weighted by Gasteiger charge is -2.10. The molecule has 26 heavy (non-hydrogen) atoms. The van der Waals surface area contributed by atoms with Gasteiger partial charge in [0.15, 0.2) is 11.0 Å². The predicted octanol–water partition coefficient (Wildman–Crippen LogP) is 5.89. The first-order valence-electron chi connectivity index (χ1n) is 8.25. The molecule has 0 amide bonds. The molecule has 1 aromatic heterocycles. The van der Waals surface area contributed by atoms with Crippen LogP contribution in [0.1, 0.15) is 23.9 Å². The highest BCUT2D eigenvalue weighted by molar-refractivity contribution is 9.10. The minimum absolute atomic E-state index is 0.376. The summed E-state index contributed by atoms with van der Waals surface area (Å²) in [6.07, 6.45) is 0. The van der Waals surface area contributed by atoms with E-state index in [4.69, 9.17) is 16.3 Å². The van der Waals surface area contributed by atoms with Gasteiger partial charge >= 0.3 is 0 Å². The largest absolute Gasteiger partial charge is 0.485 e. The highest BCUT2D eigenvalue weighted by Crippen LogP contribution is 2.25. The second kappa shape index (κ2) is 8.93. The van der Waals surface area contributed by atoms with Crippen LogP contribution in [0.2, 0.25) is 5.02 Å². The van der Waals surface area contributed by atoms with E-state index in [-0.39, 0.29) is 0 Å². The van der Waals surface area contributed by atoms with Gasteiger partial charge in [-0.2, -0.15) is 0 Å². The van der Waals surface area contributed by atoms with E-state index < -0.39 is 0 Å². The Kier molecular flexibility index (Phi) is 6.62. The Balaban J connectivity index is 1.67. The van der Waals surface area contributed by atoms with Crippen LogP contribution in [0.5, 0.6) is 5.75 Å². The van der Waals surface area contributed by atoms with Crippen LogP contribution in [0.25, 0.3) is 0 Å². The maximum absolute atomic E-state index is 5.99. The molecule has 0 saturated carbocycles. The van der Waals surface area contributed by atoms with Crippen molar-refractivity contribution >= 4 is 39.3 Å². The van der Waals surface area contributed by atoms with Crippen molar-refractivity contribution in [1.29, 1.82) is 0 Å². The monoisotopic (exact) mass is 451 g/mol. The third kappa shape index (κ3) is 4.81. The molecule has 0 aliphatic heterocycles. The fraction of sp³-hybridized carbons (Fsp3) is 0.263. The number of hydrogen-bond acceptors (Lipinski definition) is 4. The molecule has 0 atom stereocenters. The maximum Gasteiger partial charge on any atom is 0.191 e. The van der Waals surface area contributed by atoms with Crippen LogP contribution in [-0.2, 0) is 18.9 Å². The van der Waals surface area contributed by atoms with Crippen molar-refractivity contribution in [3.05, 3.63) is 68.9 Å². The van der Waals surface area contributed by atoms with Crippen LogP contribution in [0.3, 0.4) is 0 Å². The molecular formula is C19H19BrClN3OS. The SMILES string of the molecule is CCn1c(COc2ccc(Cl)cc2C)nnc1SCc1cccc(Br)c1. The molecule has 0 N–H and O–H groups in total. The zero-order valence-electron chi connectivity index (χ0n) is 14.6. The summed E-state index contributed by atoms with van der Waals surface area (Å²) < 4.78 is 9.09. The quantitative estimate of drug-likeness (QED) is 0.419. The zero-order chi connectivity index (χ0) is 18.5. The van der Waals surface area contributed by atoms with Crippen molar-refractivity contribution in [3.63, 3.8) is 0 Å². The van der Waals surface area contributed by atoms with Gasteiger partial charge in [-0.05, 0) is 55.3 Å². The van der Waals surface area contributed by atoms with Crippen LogP contribution in [-0.4, -0.2) is 14.8 Å². The van der Waals surface area contributed by atoms with Crippen molar-refractivity contribution in [2.45, 2.75) is 37.9 Å². The molecule has 0 saturated heterocycles. The third-order valence-electron chi connectivity index (χ3n) is 3.86. The predicted molar refractivity (Wildman–Crippen MR) is 110 cm³/mol. The Hall–Kier alpha value is -1.50. The minimum Gasteiger partial charge on any atom is -0.485 e. The summed E-state index contributed by atoms with van der Waals surface area (Å²) in [6.45, 7) is 5.24. The van der Waals surface area contributed by atoms with Crippen LogP contribution in [0.15, 0.2) is 52.1 Å². The summed E-state index contributed by atoms with van der Waals surface area (Å²) in [6, 6.07) is 13.9. The molecule has 0 fully saturated rings. The topological polar surface area (TPSA) is 39.9 Å². The molecule has 0 radical (unpaired) electrons. The maximum atomic E-state index is 5.99. The summed E-state index contributed by atoms with van der Waals surface area (Å²) >= 11 is 11.2. The molecule has 0 aliphatic carbocycles. The molecule has 0 unspecified atom stereocenters. The van der Waals surface area contributed by atoms with E-state index in [1.807, 2.05) is 37.3 Å². The number of nitrogens with zero attached hydrogens (tertiary/aromatic N) is 3. The summed E-state index contributed by atoms with van der Waals surface area (Å²) in [5.74, 6) is 2.47. The summed E-state index contributed by atoms with van der Waals surface area (Å²) in [4.78, 5) is 0. The number of hydrogen-bond donors (Lipinski definition) is 0. The first kappa shape index (κ1) is 19.3. The van der Waals surface area contributed by atoms with E-state index in [0.717, 1.165) is 39.1 Å². The normalized spacial score (nSPS) is 10.9. The number of aryl methyl sites for hydroxylation is 1. The van der Waals surface area contributed by atoms with Crippen molar-refractivity contribution < 1.29 is 4.74 Å². The number of benzene rings is 2. The first-order chi connectivity index (χ1) is 12.6. The number of thioether (sulfide) groups is 1. The van der Waals surface area contributed by atoms with Gasteiger partial charge in [-0.1, -0.05) is 51.4 Å². The van der Waals surface area contributed by atoms with Crippen LogP contribution in [0, 0.1) is 6.92 Å². The fourth-order valence-corrected chi connectivity index (χ4v) is 4.18. The molecule has 3 aromatic rings. The first-order valence-corrected chi connectivity index (χ1v) is 10.4. The van der Waals surface area contributed by atoms with Crippen LogP contribution < -0.4 is 4.74 Å². The van der Waals surface area contributed by atoms with Crippen molar-refractivity contribution in [2.24, 2.45) is 0 Å². The summed E-state index contributed by atoms with van der Waals surface area (Å²) in [5.41, 5.74) is 2.24. The lowest BCUT2D eigenvalue weighted by Crippen LogP contribution is -2.07. The van der Waals surface area contributed by atoms with Gasteiger partial charge in [0.25, 0.3) is 0 Å². The van der Waals surface area contributed by atoms with Crippen molar-refractivity contribution in [3.8, 4) is 5.75 Å². The Labute approximate surface area is 171 Å². The Bertz CT molecular complexity index is 900. The summed E-state index contributed by atoms with van der Waals surface area (Å²) in [7, 11) is 0. The lowest BCUT2D eigenvalue weighted by atomic mass is 10.2. The minimum atomic E-state index is 0.376. The van der Waals surface area contributed by atoms with Gasteiger partial charge in [0.05, 0.1) is 0 Å². The van der Waals surface area contributed by atoms with Crippen LogP contribution in [0.4, 0.5) is 0 Å². The zero-order valence-corrected chi connectivity index (χ0v) is 17.7. The van der Waals surface area contributed by atoms with Crippen LogP contribution >= 0.6 is 39.3 Å². The van der Waals surface area contributed by atoms with Gasteiger partial charge in [-0.3, -0.25) is 0 Å². The molecule has 2 aromatic carbocycles. The number of halogens is 2. The van der Waals surface area contributed by atoms with Gasteiger partial charge in [-0.25, -0.2) is 0 Å². The van der Waals surface area contributed by atoms with E-state index in [2.05, 4.69) is 49.8 Å². The molecule has 4 nitrogen and oxygen atoms in total. The average Bonchev–Trinajstić information content (AvgIpc) is 3.01. The molecule has 7 heteroatoms. The van der Waals surface area contributed by atoms with Crippen molar-refractivity contribution in [2.75, 3.05) is 0 Å². The Morgan fingerprint density at radius 3 is 2.77 bits per heavy atom. The summed E-state index contributed by atoms with van der Waals surface area (Å²) in [5, 5.41) is 10.3. The molecular weight excluding hydrogens is 434 g/mol. The van der Waals surface area contributed by atoms with E-state index in [1.165, 1.54) is 5.56 Å². The van der Waals surface area contributed by atoms with E-state index >= 15 is 0 Å². The number of ether oxygens (including phenoxy) is 1. The lowest BCUT2D eigenvalue weighted by molar-refractivity contribution is 0.286. The highest BCUT2D eigenvalue weighted by Gasteiger charge is 2.13. The van der Waals surface area contributed by atoms with E-state index in [9.17, 15) is 0 Å². The van der Waals surface area contributed by atoms with Gasteiger partial charge in [0.1, 0.15) is 12.4 Å². The molecule has 0 aliphatic rings. The fourth-order valence-electron chi connectivity index (χ4n) is 2.54. The third-order valence-corrected chi connectivity index (χ3v) is 5.63. The highest BCUT2D eigenvalue weighted by atomic mass is 79.9. The molecule has 0 spiro atoms. The Morgan fingerprint density at radius 1 is 1.19 bits per heavy atom.